The second kappa shape index (κ2) is 8.00. The van der Waals surface area contributed by atoms with E-state index in [2.05, 4.69) is 32.2 Å². The Morgan fingerprint density at radius 3 is 2.80 bits per heavy atom. The second-order valence-corrected chi connectivity index (χ2v) is 7.78. The van der Waals surface area contributed by atoms with Crippen molar-refractivity contribution in [1.82, 2.24) is 20.5 Å². The molecule has 2 amide bonds. The van der Waals surface area contributed by atoms with Crippen molar-refractivity contribution >= 4 is 22.8 Å². The van der Waals surface area contributed by atoms with Gasteiger partial charge in [-0.1, -0.05) is 12.1 Å². The Morgan fingerprint density at radius 1 is 1.37 bits per heavy atom. The molecule has 4 rings (SSSR count). The lowest BCUT2D eigenvalue weighted by Gasteiger charge is -2.30. The molecule has 1 fully saturated rings. The summed E-state index contributed by atoms with van der Waals surface area (Å²) in [5.41, 5.74) is 0.789. The molecule has 2 atom stereocenters. The molecule has 1 aromatic carbocycles. The molecule has 8 nitrogen and oxygen atoms in total. The molecule has 0 aliphatic carbocycles. The number of aliphatic hydroxyl groups is 1. The van der Waals surface area contributed by atoms with Crippen molar-refractivity contribution in [2.24, 2.45) is 0 Å². The number of H-pyrrole nitrogens is 1. The maximum Gasteiger partial charge on any atom is 0.320 e. The smallest absolute Gasteiger partial charge is 0.320 e. The minimum Gasteiger partial charge on any atom is -0.388 e. The normalized spacial score (nSPS) is 17.8. The van der Waals surface area contributed by atoms with Gasteiger partial charge in [0.25, 0.3) is 0 Å². The van der Waals surface area contributed by atoms with Gasteiger partial charge in [0, 0.05) is 24.3 Å². The van der Waals surface area contributed by atoms with E-state index in [1.165, 1.54) is 24.3 Å². The standard InChI is InChI=1S/C21H23FN5O3/c1-21(2,29)19(12-5-7-13(22)8-6-12)25-20(28)24-17-10-15-14(11-23-17)18(27-26-15)16-4-3-9-30-16/h4-8,10-11,16,19,29H,3,9H2,1-2H3,(H,26,27)(H2,23,24,25,28)/t16?,19-/m0/s1. The molecule has 2 aromatic heterocycles. The quantitative estimate of drug-likeness (QED) is 0.513. The number of carbonyl (C=O) groups is 1. The highest BCUT2D eigenvalue weighted by Crippen LogP contribution is 2.31. The maximum absolute atomic E-state index is 13.2. The molecule has 0 spiro atoms. The van der Waals surface area contributed by atoms with Gasteiger partial charge < -0.3 is 15.2 Å². The van der Waals surface area contributed by atoms with Crippen LogP contribution in [0.4, 0.5) is 15.0 Å². The van der Waals surface area contributed by atoms with E-state index >= 15 is 0 Å². The van der Waals surface area contributed by atoms with Gasteiger partial charge in [0.1, 0.15) is 23.4 Å². The Hall–Kier alpha value is -3.04. The van der Waals surface area contributed by atoms with E-state index in [1.54, 1.807) is 26.1 Å². The van der Waals surface area contributed by atoms with Gasteiger partial charge in [-0.15, -0.1) is 0 Å². The van der Waals surface area contributed by atoms with E-state index < -0.39 is 23.5 Å². The first-order valence-electron chi connectivity index (χ1n) is 9.65. The Balaban J connectivity index is 1.49. The van der Waals surface area contributed by atoms with Gasteiger partial charge in [0.05, 0.1) is 17.2 Å². The number of urea groups is 1. The summed E-state index contributed by atoms with van der Waals surface area (Å²) < 4.78 is 18.9. The Morgan fingerprint density at radius 2 is 2.13 bits per heavy atom. The van der Waals surface area contributed by atoms with Crippen molar-refractivity contribution in [1.29, 1.82) is 0 Å². The van der Waals surface area contributed by atoms with Gasteiger partial charge >= 0.3 is 6.03 Å². The van der Waals surface area contributed by atoms with E-state index in [0.717, 1.165) is 23.0 Å². The fourth-order valence-electron chi connectivity index (χ4n) is 3.50. The number of fused-ring (bicyclic) bond motifs is 1. The maximum atomic E-state index is 13.2. The van der Waals surface area contributed by atoms with E-state index in [-0.39, 0.29) is 6.10 Å². The average molecular weight is 412 g/mol. The molecule has 9 heteroatoms. The van der Waals surface area contributed by atoms with Crippen LogP contribution in [-0.4, -0.2) is 38.5 Å². The highest BCUT2D eigenvalue weighted by atomic mass is 19.1. The number of hydrogen-bond acceptors (Lipinski definition) is 5. The molecule has 1 unspecified atom stereocenters. The van der Waals surface area contributed by atoms with Gasteiger partial charge in [-0.3, -0.25) is 10.4 Å². The van der Waals surface area contributed by atoms with E-state index in [1.807, 2.05) is 0 Å². The lowest BCUT2D eigenvalue weighted by molar-refractivity contribution is 0.0415. The number of pyridine rings is 1. The monoisotopic (exact) mass is 412 g/mol. The van der Waals surface area contributed by atoms with Crippen molar-refractivity contribution in [3.8, 4) is 0 Å². The molecular weight excluding hydrogens is 389 g/mol. The van der Waals surface area contributed by atoms with Crippen LogP contribution in [0.25, 0.3) is 10.9 Å². The fourth-order valence-corrected chi connectivity index (χ4v) is 3.50. The van der Waals surface area contributed by atoms with Crippen LogP contribution in [0.3, 0.4) is 0 Å². The third kappa shape index (κ3) is 4.27. The summed E-state index contributed by atoms with van der Waals surface area (Å²) in [6.07, 6.45) is 4.41. The van der Waals surface area contributed by atoms with Crippen LogP contribution in [0, 0.1) is 12.2 Å². The number of rotatable bonds is 5. The van der Waals surface area contributed by atoms with Crippen LogP contribution in [0.1, 0.15) is 43.7 Å². The summed E-state index contributed by atoms with van der Waals surface area (Å²) >= 11 is 0. The number of nitrogens with zero attached hydrogens (tertiary/aromatic N) is 2. The lowest BCUT2D eigenvalue weighted by atomic mass is 9.92. The van der Waals surface area contributed by atoms with Gasteiger partial charge in [-0.25, -0.2) is 14.2 Å². The minimum atomic E-state index is -1.28. The SMILES string of the molecule is CC(C)(O)[C@@H](NC(=O)Nc1cc2[nH]nc(C3[CH]CCO3)c2cn1)c1ccc(F)cc1. The number of halogens is 1. The largest absolute Gasteiger partial charge is 0.388 e. The zero-order valence-corrected chi connectivity index (χ0v) is 16.6. The molecule has 3 heterocycles. The van der Waals surface area contributed by atoms with Gasteiger partial charge in [-0.05, 0) is 44.4 Å². The van der Waals surface area contributed by atoms with Gasteiger partial charge in [-0.2, -0.15) is 5.10 Å². The number of benzene rings is 1. The molecule has 1 aliphatic heterocycles. The van der Waals surface area contributed by atoms with Crippen LogP contribution in [0.2, 0.25) is 0 Å². The molecule has 4 N–H and O–H groups in total. The van der Waals surface area contributed by atoms with Crippen LogP contribution in [0.15, 0.2) is 36.5 Å². The van der Waals surface area contributed by atoms with E-state index in [4.69, 9.17) is 4.74 Å². The summed E-state index contributed by atoms with van der Waals surface area (Å²) in [5.74, 6) is -0.0742. The highest BCUT2D eigenvalue weighted by Gasteiger charge is 2.30. The van der Waals surface area contributed by atoms with Crippen LogP contribution in [0.5, 0.6) is 0 Å². The molecule has 1 saturated heterocycles. The van der Waals surface area contributed by atoms with Crippen molar-refractivity contribution in [2.45, 2.75) is 38.0 Å². The molecule has 1 radical (unpaired) electrons. The number of hydrogen-bond donors (Lipinski definition) is 4. The predicted molar refractivity (Wildman–Crippen MR) is 109 cm³/mol. The van der Waals surface area contributed by atoms with E-state index in [9.17, 15) is 14.3 Å². The third-order valence-electron chi connectivity index (χ3n) is 4.97. The first-order valence-corrected chi connectivity index (χ1v) is 9.65. The van der Waals surface area contributed by atoms with Gasteiger partial charge in [0.15, 0.2) is 0 Å². The number of ether oxygens (including phenoxy) is 1. The summed E-state index contributed by atoms with van der Waals surface area (Å²) in [6.45, 7) is 3.81. The lowest BCUT2D eigenvalue weighted by Crippen LogP contribution is -2.44. The van der Waals surface area contributed by atoms with Crippen molar-refractivity contribution in [3.05, 3.63) is 60.0 Å². The number of amides is 2. The molecular formula is C21H23FN5O3. The molecule has 3 aromatic rings. The first kappa shape index (κ1) is 20.2. The van der Waals surface area contributed by atoms with E-state index in [0.29, 0.717) is 18.0 Å². The molecule has 0 saturated carbocycles. The van der Waals surface area contributed by atoms with Crippen LogP contribution >= 0.6 is 0 Å². The number of carbonyl (C=O) groups excluding carboxylic acids is 1. The summed E-state index contributed by atoms with van der Waals surface area (Å²) in [5, 5.41) is 23.9. The van der Waals surface area contributed by atoms with Gasteiger partial charge in [0.2, 0.25) is 0 Å². The van der Waals surface area contributed by atoms with Crippen LogP contribution < -0.4 is 10.6 Å². The number of aromatic nitrogens is 3. The average Bonchev–Trinajstić information content (AvgIpc) is 3.35. The van der Waals surface area contributed by atoms with Crippen LogP contribution in [-0.2, 0) is 4.74 Å². The fraction of sp³-hybridized carbons (Fsp3) is 0.333. The predicted octanol–water partition coefficient (Wildman–Crippen LogP) is 3.40. The Bertz CT molecular complexity index is 1040. The zero-order chi connectivity index (χ0) is 21.3. The highest BCUT2D eigenvalue weighted by molar-refractivity contribution is 5.91. The minimum absolute atomic E-state index is 0.161. The Kier molecular flexibility index (Phi) is 5.40. The molecule has 30 heavy (non-hydrogen) atoms. The van der Waals surface area contributed by atoms with Crippen molar-refractivity contribution < 1.29 is 19.0 Å². The molecule has 1 aliphatic rings. The number of aromatic amines is 1. The number of nitrogens with one attached hydrogen (secondary N) is 3. The Labute approximate surface area is 172 Å². The van der Waals surface area contributed by atoms with Crippen molar-refractivity contribution in [2.75, 3.05) is 11.9 Å². The first-order chi connectivity index (χ1) is 14.3. The summed E-state index contributed by atoms with van der Waals surface area (Å²) in [6, 6.07) is 5.99. The zero-order valence-electron chi connectivity index (χ0n) is 16.6. The second-order valence-electron chi connectivity index (χ2n) is 7.78. The topological polar surface area (TPSA) is 112 Å². The third-order valence-corrected chi connectivity index (χ3v) is 4.97. The summed E-state index contributed by atoms with van der Waals surface area (Å²) in [4.78, 5) is 16.9. The molecule has 0 bridgehead atoms. The summed E-state index contributed by atoms with van der Waals surface area (Å²) in [7, 11) is 0. The molecule has 157 valence electrons. The van der Waals surface area contributed by atoms with Crippen molar-refractivity contribution in [3.63, 3.8) is 0 Å². The number of anilines is 1.